The number of hydrogen-bond acceptors (Lipinski definition) is 7. The molecule has 9 nitrogen and oxygen atoms in total. The van der Waals surface area contributed by atoms with Crippen molar-refractivity contribution in [3.05, 3.63) is 0 Å². The summed E-state index contributed by atoms with van der Waals surface area (Å²) >= 11 is 0. The lowest BCUT2D eigenvalue weighted by atomic mass is 9.83. The third kappa shape index (κ3) is 1.58. The van der Waals surface area contributed by atoms with Gasteiger partial charge in [0.25, 0.3) is 5.66 Å². The number of aliphatic hydroxyl groups is 1. The Morgan fingerprint density at radius 2 is 2.10 bits per heavy atom. The molecule has 0 radical (unpaired) electrons. The van der Waals surface area contributed by atoms with Gasteiger partial charge in [-0.15, -0.1) is 0 Å². The summed E-state index contributed by atoms with van der Waals surface area (Å²) in [6.07, 6.45) is -0.0855. The van der Waals surface area contributed by atoms with Crippen LogP contribution in [0.3, 0.4) is 0 Å². The summed E-state index contributed by atoms with van der Waals surface area (Å²) in [4.78, 5) is 0. The Balaban J connectivity index is 2.14. The lowest BCUT2D eigenvalue weighted by Gasteiger charge is -2.37. The second-order valence-corrected chi connectivity index (χ2v) is 5.81. The highest BCUT2D eigenvalue weighted by Crippen LogP contribution is 2.41. The molecule has 0 aliphatic carbocycles. The van der Waals surface area contributed by atoms with E-state index in [1.54, 1.807) is 0 Å². The van der Waals surface area contributed by atoms with Gasteiger partial charge in [-0.05, 0) is 11.7 Å². The summed E-state index contributed by atoms with van der Waals surface area (Å²) in [6.45, 7) is 4.95. The highest BCUT2D eigenvalue weighted by atomic mass is 16.5. The van der Waals surface area contributed by atoms with Gasteiger partial charge in [0.15, 0.2) is 6.04 Å². The molecule has 3 aliphatic heterocycles. The van der Waals surface area contributed by atoms with Crippen LogP contribution in [0, 0.1) is 5.92 Å². The molecule has 3 heterocycles. The van der Waals surface area contributed by atoms with Gasteiger partial charge >= 0.3 is 11.9 Å². The van der Waals surface area contributed by atoms with Crippen molar-refractivity contribution in [2.24, 2.45) is 17.4 Å². The summed E-state index contributed by atoms with van der Waals surface area (Å²) in [5.41, 5.74) is 11.1. The lowest BCUT2D eigenvalue weighted by Crippen LogP contribution is -2.73. The van der Waals surface area contributed by atoms with Crippen molar-refractivity contribution in [3.8, 4) is 0 Å². The van der Waals surface area contributed by atoms with E-state index in [1.165, 1.54) is 0 Å². The van der Waals surface area contributed by atoms with Crippen LogP contribution in [0.2, 0.25) is 0 Å². The average molecular weight is 300 g/mol. The molecule has 1 saturated heterocycles. The monoisotopic (exact) mass is 300 g/mol. The molecule has 9 heteroatoms. The molecular weight excluding hydrogens is 276 g/mol. The Labute approximate surface area is 122 Å². The van der Waals surface area contributed by atoms with Crippen LogP contribution in [0.4, 0.5) is 0 Å². The van der Waals surface area contributed by atoms with Gasteiger partial charge < -0.3 is 15.1 Å². The van der Waals surface area contributed by atoms with Gasteiger partial charge in [-0.3, -0.25) is 22.1 Å². The number of nitrogens with two attached hydrogens (primary N) is 2. The van der Waals surface area contributed by atoms with Crippen LogP contribution in [-0.4, -0.2) is 75.2 Å². The number of rotatable bonds is 3. The minimum Gasteiger partial charge on any atom is -0.393 e. The molecule has 0 amide bonds. The third-order valence-corrected chi connectivity index (χ3v) is 4.96. The zero-order valence-corrected chi connectivity index (χ0v) is 12.3. The van der Waals surface area contributed by atoms with Crippen molar-refractivity contribution < 1.29 is 24.4 Å². The Morgan fingerprint density at radius 3 is 2.71 bits per heavy atom. The van der Waals surface area contributed by atoms with Crippen molar-refractivity contribution in [1.82, 2.24) is 10.6 Å². The van der Waals surface area contributed by atoms with E-state index in [2.05, 4.69) is 10.6 Å². The zero-order chi connectivity index (χ0) is 15.4. The molecule has 8 N–H and O–H groups in total. The first-order valence-electron chi connectivity index (χ1n) is 7.25. The third-order valence-electron chi connectivity index (χ3n) is 4.96. The molecule has 0 aromatic carbocycles. The van der Waals surface area contributed by atoms with Gasteiger partial charge in [0.1, 0.15) is 6.04 Å². The molecule has 21 heavy (non-hydrogen) atoms. The van der Waals surface area contributed by atoms with Gasteiger partial charge in [0.2, 0.25) is 0 Å². The standard InChI is InChI=1S/C12H22N6O3/c1-3-21-8-4-17-10(13)15-7(5-19)9-12(17,6(8)2)18(20)11(14)16-9/h6-9,19-20H,3-5H2,1-2H3,(H4,13,14,15,16)/p+2/t6-,7+,8+,9?,12?/m1/s1. The van der Waals surface area contributed by atoms with E-state index in [-0.39, 0.29) is 36.7 Å². The number of guanidine groups is 2. The molecule has 1 spiro atoms. The number of hydrogen-bond donors (Lipinski definition) is 6. The van der Waals surface area contributed by atoms with Gasteiger partial charge in [-0.2, -0.15) is 0 Å². The molecule has 118 valence electrons. The highest BCUT2D eigenvalue weighted by Gasteiger charge is 2.72. The summed E-state index contributed by atoms with van der Waals surface area (Å²) < 4.78 is 8.71. The number of nitrogens with one attached hydrogen (secondary N) is 2. The van der Waals surface area contributed by atoms with E-state index in [0.717, 1.165) is 4.74 Å². The van der Waals surface area contributed by atoms with Crippen LogP contribution in [0.1, 0.15) is 13.8 Å². The van der Waals surface area contributed by atoms with Gasteiger partial charge in [0, 0.05) is 6.61 Å². The molecule has 0 bridgehead atoms. The average Bonchev–Trinajstić information content (AvgIpc) is 2.90. The second kappa shape index (κ2) is 4.63. The Hall–Kier alpha value is -1.74. The maximum Gasteiger partial charge on any atom is 0.384 e. The molecule has 0 aromatic heterocycles. The Bertz CT molecular complexity index is 521. The number of aliphatic hydroxyl groups excluding tert-OH is 1. The predicted octanol–water partition coefficient (Wildman–Crippen LogP) is -3.28. The van der Waals surface area contributed by atoms with Crippen LogP contribution in [0.25, 0.3) is 0 Å². The van der Waals surface area contributed by atoms with E-state index in [4.69, 9.17) is 16.2 Å². The first-order chi connectivity index (χ1) is 9.98. The second-order valence-electron chi connectivity index (χ2n) is 5.81. The lowest BCUT2D eigenvalue weighted by molar-refractivity contribution is -0.939. The first kappa shape index (κ1) is 14.2. The predicted molar refractivity (Wildman–Crippen MR) is 73.8 cm³/mol. The van der Waals surface area contributed by atoms with Crippen LogP contribution in [0.15, 0.2) is 0 Å². The Morgan fingerprint density at radius 1 is 1.38 bits per heavy atom. The van der Waals surface area contributed by atoms with Crippen LogP contribution in [-0.2, 0) is 4.74 Å². The maximum absolute atomic E-state index is 10.6. The summed E-state index contributed by atoms with van der Waals surface area (Å²) in [5.74, 6) is 0.509. The summed E-state index contributed by atoms with van der Waals surface area (Å²) in [6, 6.07) is -0.653. The first-order valence-corrected chi connectivity index (χ1v) is 7.25. The minimum absolute atomic E-state index is 0.0595. The molecule has 0 saturated carbocycles. The number of hydroxylamine groups is 1. The largest absolute Gasteiger partial charge is 0.393 e. The zero-order valence-electron chi connectivity index (χ0n) is 12.3. The molecular formula is C12H24N6O3+2. The van der Waals surface area contributed by atoms with Gasteiger partial charge in [0.05, 0.1) is 25.2 Å². The summed E-state index contributed by atoms with van der Waals surface area (Å²) in [7, 11) is 0. The van der Waals surface area contributed by atoms with Crippen molar-refractivity contribution in [2.75, 3.05) is 19.8 Å². The van der Waals surface area contributed by atoms with Crippen LogP contribution in [0.5, 0.6) is 0 Å². The van der Waals surface area contributed by atoms with Gasteiger partial charge in [-0.25, -0.2) is 4.58 Å². The molecule has 3 aliphatic rings. The molecule has 2 unspecified atom stereocenters. The van der Waals surface area contributed by atoms with Crippen molar-refractivity contribution in [2.45, 2.75) is 37.7 Å². The van der Waals surface area contributed by atoms with E-state index in [9.17, 15) is 10.3 Å². The van der Waals surface area contributed by atoms with Crippen molar-refractivity contribution in [3.63, 3.8) is 0 Å². The Kier molecular flexibility index (Phi) is 3.14. The van der Waals surface area contributed by atoms with E-state index in [0.29, 0.717) is 19.1 Å². The number of nitrogens with zero attached hydrogens (tertiary/aromatic N) is 2. The molecule has 5 atom stereocenters. The smallest absolute Gasteiger partial charge is 0.384 e. The fourth-order valence-corrected chi connectivity index (χ4v) is 4.01. The SMILES string of the molecule is CCO[C@H]1C[N+]2=C(N)N[C@@H](CO)C3NC(N)=[N+](O)C32[C@@H]1C. The topological polar surface area (TPSA) is 132 Å². The molecule has 3 rings (SSSR count). The van der Waals surface area contributed by atoms with Crippen LogP contribution >= 0.6 is 0 Å². The fourth-order valence-electron chi connectivity index (χ4n) is 4.01. The normalized spacial score (nSPS) is 41.7. The highest BCUT2D eigenvalue weighted by molar-refractivity contribution is 5.78. The van der Waals surface area contributed by atoms with Crippen molar-refractivity contribution >= 4 is 11.9 Å². The van der Waals surface area contributed by atoms with E-state index in [1.807, 2.05) is 18.4 Å². The summed E-state index contributed by atoms with van der Waals surface area (Å²) in [5, 5.41) is 26.3. The van der Waals surface area contributed by atoms with E-state index < -0.39 is 5.66 Å². The van der Waals surface area contributed by atoms with E-state index >= 15 is 0 Å². The molecule has 0 aromatic rings. The van der Waals surface area contributed by atoms with Crippen LogP contribution < -0.4 is 22.1 Å². The fraction of sp³-hybridized carbons (Fsp3) is 0.833. The number of ether oxygens (including phenoxy) is 1. The van der Waals surface area contributed by atoms with Gasteiger partial charge in [-0.1, -0.05) is 6.92 Å². The van der Waals surface area contributed by atoms with Crippen molar-refractivity contribution in [1.29, 1.82) is 0 Å². The minimum atomic E-state index is -0.855. The quantitative estimate of drug-likeness (QED) is 0.238. The maximum atomic E-state index is 10.6. The molecule has 1 fully saturated rings.